The highest BCUT2D eigenvalue weighted by atomic mass is 32.1. The maximum absolute atomic E-state index is 13.7. The first-order valence-corrected chi connectivity index (χ1v) is 13.3. The van der Waals surface area contributed by atoms with E-state index in [-0.39, 0.29) is 11.4 Å². The fourth-order valence-electron chi connectivity index (χ4n) is 4.25. The molecule has 1 aromatic heterocycles. The van der Waals surface area contributed by atoms with Gasteiger partial charge in [-0.1, -0.05) is 25.8 Å². The minimum absolute atomic E-state index is 0.0737. The molecule has 1 N–H and O–H groups in total. The average Bonchev–Trinajstić information content (AvgIpc) is 3.30. The Hall–Kier alpha value is -2.91. The van der Waals surface area contributed by atoms with E-state index < -0.39 is 17.7 Å². The first kappa shape index (κ1) is 27.7. The number of nitrogens with zero attached hydrogens (tertiary/aromatic N) is 3. The third-order valence-electron chi connectivity index (χ3n) is 6.03. The van der Waals surface area contributed by atoms with Crippen molar-refractivity contribution in [2.45, 2.75) is 53.0 Å². The fraction of sp³-hybridized carbons (Fsp3) is 0.519. The summed E-state index contributed by atoms with van der Waals surface area (Å²) in [6.45, 7) is 9.57. The van der Waals surface area contributed by atoms with Crippen LogP contribution < -0.4 is 9.47 Å². The monoisotopic (exact) mass is 515 g/mol. The lowest BCUT2D eigenvalue weighted by molar-refractivity contribution is -0.129. The van der Waals surface area contributed by atoms with Gasteiger partial charge in [0.25, 0.3) is 5.91 Å². The maximum atomic E-state index is 13.7. The molecule has 0 spiro atoms. The van der Waals surface area contributed by atoms with Crippen LogP contribution in [-0.4, -0.2) is 72.0 Å². The van der Waals surface area contributed by atoms with Gasteiger partial charge in [0, 0.05) is 13.1 Å². The van der Waals surface area contributed by atoms with E-state index in [1.54, 1.807) is 11.8 Å². The van der Waals surface area contributed by atoms with Crippen molar-refractivity contribution in [2.24, 2.45) is 0 Å². The highest BCUT2D eigenvalue weighted by molar-refractivity contribution is 7.14. The van der Waals surface area contributed by atoms with Crippen molar-refractivity contribution in [3.05, 3.63) is 50.7 Å². The lowest BCUT2D eigenvalue weighted by Gasteiger charge is -2.28. The Kier molecular flexibility index (Phi) is 9.50. The highest BCUT2D eigenvalue weighted by Crippen LogP contribution is 2.42. The van der Waals surface area contributed by atoms with Gasteiger partial charge >= 0.3 is 0 Å². The molecular weight excluding hydrogens is 478 g/mol. The van der Waals surface area contributed by atoms with Gasteiger partial charge in [0.2, 0.25) is 5.78 Å². The minimum atomic E-state index is -0.750. The molecule has 0 aliphatic carbocycles. The number of benzene rings is 1. The molecule has 0 bridgehead atoms. The van der Waals surface area contributed by atoms with Gasteiger partial charge in [-0.25, -0.2) is 4.98 Å². The summed E-state index contributed by atoms with van der Waals surface area (Å²) in [4.78, 5) is 35.2. The Balaban J connectivity index is 2.05. The molecule has 0 fully saturated rings. The van der Waals surface area contributed by atoms with Gasteiger partial charge in [0.1, 0.15) is 0 Å². The summed E-state index contributed by atoms with van der Waals surface area (Å²) in [5, 5.41) is 11.7. The number of unbranched alkanes of at least 4 members (excludes halogenated alkanes) is 2. The molecule has 2 heterocycles. The number of carbonyl (C=O) groups excluding carboxylic acids is 2. The Morgan fingerprint density at radius 2 is 1.92 bits per heavy atom. The number of Topliss-reactive ketones (excluding diaryl/α,β-unsaturated/α-hetero) is 1. The van der Waals surface area contributed by atoms with Crippen LogP contribution in [0, 0.1) is 13.8 Å². The number of ketones is 1. The summed E-state index contributed by atoms with van der Waals surface area (Å²) in [7, 11) is 3.83. The first-order chi connectivity index (χ1) is 17.2. The molecule has 0 radical (unpaired) electrons. The molecule has 1 aliphatic rings. The number of amides is 1. The summed E-state index contributed by atoms with van der Waals surface area (Å²) in [5.74, 6) is -0.265. The third-order valence-corrected chi connectivity index (χ3v) is 7.11. The quantitative estimate of drug-likeness (QED) is 0.301. The first-order valence-electron chi connectivity index (χ1n) is 12.5. The Morgan fingerprint density at radius 3 is 2.53 bits per heavy atom. The Bertz CT molecular complexity index is 1120. The van der Waals surface area contributed by atoms with Crippen LogP contribution in [-0.2, 0) is 4.79 Å². The molecule has 1 amide bonds. The number of aromatic nitrogens is 1. The van der Waals surface area contributed by atoms with E-state index in [1.807, 2.05) is 51.0 Å². The van der Waals surface area contributed by atoms with Crippen LogP contribution >= 0.6 is 11.3 Å². The van der Waals surface area contributed by atoms with Crippen LogP contribution in [0.2, 0.25) is 0 Å². The molecule has 36 heavy (non-hydrogen) atoms. The van der Waals surface area contributed by atoms with E-state index in [0.29, 0.717) is 53.9 Å². The van der Waals surface area contributed by atoms with Crippen LogP contribution in [0.3, 0.4) is 0 Å². The van der Waals surface area contributed by atoms with Gasteiger partial charge in [-0.15, -0.1) is 11.3 Å². The predicted molar refractivity (Wildman–Crippen MR) is 141 cm³/mol. The van der Waals surface area contributed by atoms with E-state index >= 15 is 0 Å². The Morgan fingerprint density at radius 1 is 1.17 bits per heavy atom. The topological polar surface area (TPSA) is 92.2 Å². The maximum Gasteiger partial charge on any atom is 0.290 e. The summed E-state index contributed by atoms with van der Waals surface area (Å²) in [5.41, 5.74) is 1.34. The number of rotatable bonds is 13. The summed E-state index contributed by atoms with van der Waals surface area (Å²) >= 11 is 1.27. The number of hydrogen-bond donors (Lipinski definition) is 1. The zero-order chi connectivity index (χ0) is 26.4. The molecule has 1 atom stereocenters. The van der Waals surface area contributed by atoms with Crippen molar-refractivity contribution < 1.29 is 24.2 Å². The van der Waals surface area contributed by atoms with Crippen molar-refractivity contribution >= 4 is 23.0 Å². The van der Waals surface area contributed by atoms with E-state index in [9.17, 15) is 14.7 Å². The number of likely N-dealkylation sites (N-methyl/N-ethyl adjacent to an activating group) is 1. The van der Waals surface area contributed by atoms with Gasteiger partial charge in [-0.05, 0) is 59.0 Å². The van der Waals surface area contributed by atoms with Crippen LogP contribution in [0.1, 0.15) is 65.1 Å². The standard InChI is InChI=1S/C27H37N3O5S/c1-7-9-10-15-35-20-12-11-19(16-21(20)34-8-2)23-22(24(31)26-17(3)28-18(4)36-26)25(32)27(33)30(23)14-13-29(5)6/h11-12,16,23,32H,7-10,13-15H2,1-6H3. The van der Waals surface area contributed by atoms with Crippen LogP contribution in [0.5, 0.6) is 11.5 Å². The van der Waals surface area contributed by atoms with Crippen LogP contribution in [0.15, 0.2) is 29.5 Å². The van der Waals surface area contributed by atoms with Gasteiger partial charge < -0.3 is 24.4 Å². The molecule has 3 rings (SSSR count). The lowest BCUT2D eigenvalue weighted by atomic mass is 9.94. The molecule has 1 aliphatic heterocycles. The number of aliphatic hydroxyl groups excluding tert-OH is 1. The highest BCUT2D eigenvalue weighted by Gasteiger charge is 2.44. The largest absolute Gasteiger partial charge is 0.503 e. The molecule has 1 aromatic carbocycles. The van der Waals surface area contributed by atoms with Crippen molar-refractivity contribution in [1.82, 2.24) is 14.8 Å². The second-order valence-electron chi connectivity index (χ2n) is 9.14. The van der Waals surface area contributed by atoms with Crippen LogP contribution in [0.4, 0.5) is 0 Å². The Labute approximate surface area is 217 Å². The molecule has 9 heteroatoms. The summed E-state index contributed by atoms with van der Waals surface area (Å²) in [6, 6.07) is 4.73. The van der Waals surface area contributed by atoms with E-state index in [4.69, 9.17) is 9.47 Å². The van der Waals surface area contributed by atoms with Gasteiger partial charge in [-0.2, -0.15) is 0 Å². The molecule has 8 nitrogen and oxygen atoms in total. The lowest BCUT2D eigenvalue weighted by Crippen LogP contribution is -2.36. The molecule has 0 saturated carbocycles. The normalized spacial score (nSPS) is 15.8. The molecule has 196 valence electrons. The van der Waals surface area contributed by atoms with Gasteiger partial charge in [-0.3, -0.25) is 9.59 Å². The number of aryl methyl sites for hydroxylation is 2. The molecule has 1 unspecified atom stereocenters. The zero-order valence-electron chi connectivity index (χ0n) is 22.1. The van der Waals surface area contributed by atoms with Crippen LogP contribution in [0.25, 0.3) is 0 Å². The fourth-order valence-corrected chi connectivity index (χ4v) is 5.13. The summed E-state index contributed by atoms with van der Waals surface area (Å²) in [6.07, 6.45) is 3.13. The van der Waals surface area contributed by atoms with Gasteiger partial charge in [0.05, 0.1) is 40.4 Å². The van der Waals surface area contributed by atoms with E-state index in [1.165, 1.54) is 11.3 Å². The molecular formula is C27H37N3O5S. The van der Waals surface area contributed by atoms with E-state index in [0.717, 1.165) is 24.3 Å². The predicted octanol–water partition coefficient (Wildman–Crippen LogP) is 4.87. The number of aliphatic hydroxyl groups is 1. The third kappa shape index (κ3) is 6.07. The average molecular weight is 516 g/mol. The van der Waals surface area contributed by atoms with E-state index in [2.05, 4.69) is 11.9 Å². The van der Waals surface area contributed by atoms with Crippen molar-refractivity contribution in [1.29, 1.82) is 0 Å². The number of carbonyl (C=O) groups is 2. The van der Waals surface area contributed by atoms with Gasteiger partial charge in [0.15, 0.2) is 17.3 Å². The number of ether oxygens (including phenoxy) is 2. The zero-order valence-corrected chi connectivity index (χ0v) is 22.9. The smallest absolute Gasteiger partial charge is 0.290 e. The number of hydrogen-bond acceptors (Lipinski definition) is 8. The minimum Gasteiger partial charge on any atom is -0.503 e. The van der Waals surface area contributed by atoms with Crippen molar-refractivity contribution in [3.63, 3.8) is 0 Å². The van der Waals surface area contributed by atoms with Crippen molar-refractivity contribution in [3.8, 4) is 11.5 Å². The number of thiazole rings is 1. The second kappa shape index (κ2) is 12.4. The molecule has 0 saturated heterocycles. The second-order valence-corrected chi connectivity index (χ2v) is 10.3. The van der Waals surface area contributed by atoms with Crippen molar-refractivity contribution in [2.75, 3.05) is 40.4 Å². The summed E-state index contributed by atoms with van der Waals surface area (Å²) < 4.78 is 11.8. The SMILES string of the molecule is CCCCCOc1ccc(C2C(C(=O)c3sc(C)nc3C)=C(O)C(=O)N2CCN(C)C)cc1OCC. The molecule has 2 aromatic rings.